The van der Waals surface area contributed by atoms with Gasteiger partial charge in [0.25, 0.3) is 0 Å². The largest absolute Gasteiger partial charge is 0.361 e. The van der Waals surface area contributed by atoms with E-state index in [1.165, 1.54) is 26.9 Å². The third kappa shape index (κ3) is 4.25. The first-order valence-electron chi connectivity index (χ1n) is 9.01. The van der Waals surface area contributed by atoms with Crippen LogP contribution in [0.4, 0.5) is 0 Å². The summed E-state index contributed by atoms with van der Waals surface area (Å²) in [6, 6.07) is 6.44. The molecule has 6 heteroatoms. The summed E-state index contributed by atoms with van der Waals surface area (Å²) in [5, 5.41) is 9.24. The number of aliphatic imine (C=N–C) groups is 1. The Bertz CT molecular complexity index is 906. The molecule has 0 radical (unpaired) electrons. The SMILES string of the molecule is CN=C(NCCc1sc(C)nc1C)NCCc1c[nH]c2c(C)cccc12. The van der Waals surface area contributed by atoms with Gasteiger partial charge in [-0.05, 0) is 38.3 Å². The van der Waals surface area contributed by atoms with Crippen molar-refractivity contribution in [1.82, 2.24) is 20.6 Å². The molecule has 0 bridgehead atoms. The van der Waals surface area contributed by atoms with E-state index in [9.17, 15) is 0 Å². The summed E-state index contributed by atoms with van der Waals surface area (Å²) in [6.07, 6.45) is 4.04. The molecule has 0 aliphatic carbocycles. The number of H-pyrrole nitrogens is 1. The topological polar surface area (TPSA) is 65.1 Å². The van der Waals surface area contributed by atoms with Crippen molar-refractivity contribution in [3.8, 4) is 0 Å². The van der Waals surface area contributed by atoms with Gasteiger partial charge in [-0.1, -0.05) is 18.2 Å². The zero-order valence-electron chi connectivity index (χ0n) is 15.9. The molecule has 1 aromatic carbocycles. The summed E-state index contributed by atoms with van der Waals surface area (Å²) in [6.45, 7) is 7.97. The van der Waals surface area contributed by atoms with E-state index in [1.807, 2.05) is 7.05 Å². The van der Waals surface area contributed by atoms with Gasteiger partial charge < -0.3 is 15.6 Å². The number of para-hydroxylation sites is 1. The van der Waals surface area contributed by atoms with Crippen LogP contribution in [0.15, 0.2) is 29.4 Å². The molecule has 0 saturated heterocycles. The number of aryl methyl sites for hydroxylation is 3. The van der Waals surface area contributed by atoms with Crippen LogP contribution in [0.5, 0.6) is 0 Å². The van der Waals surface area contributed by atoms with Crippen LogP contribution in [-0.2, 0) is 12.8 Å². The van der Waals surface area contributed by atoms with Crippen LogP contribution in [0.2, 0.25) is 0 Å². The fourth-order valence-electron chi connectivity index (χ4n) is 3.21. The lowest BCUT2D eigenvalue weighted by atomic mass is 10.1. The Morgan fingerprint density at radius 1 is 1.15 bits per heavy atom. The zero-order chi connectivity index (χ0) is 18.5. The van der Waals surface area contributed by atoms with E-state index in [2.05, 4.69) is 70.8 Å². The van der Waals surface area contributed by atoms with Crippen molar-refractivity contribution in [2.75, 3.05) is 20.1 Å². The average molecular weight is 370 g/mol. The van der Waals surface area contributed by atoms with Gasteiger partial charge in [-0.15, -0.1) is 11.3 Å². The van der Waals surface area contributed by atoms with Gasteiger partial charge in [-0.2, -0.15) is 0 Å². The van der Waals surface area contributed by atoms with E-state index >= 15 is 0 Å². The fourth-order valence-corrected chi connectivity index (χ4v) is 4.14. The van der Waals surface area contributed by atoms with Crippen LogP contribution in [0, 0.1) is 20.8 Å². The van der Waals surface area contributed by atoms with Crippen LogP contribution in [0.1, 0.15) is 26.7 Å². The number of nitrogens with one attached hydrogen (secondary N) is 3. The number of hydrogen-bond acceptors (Lipinski definition) is 3. The Morgan fingerprint density at radius 2 is 1.92 bits per heavy atom. The van der Waals surface area contributed by atoms with E-state index in [4.69, 9.17) is 0 Å². The number of aromatic amines is 1. The molecule has 0 atom stereocenters. The highest BCUT2D eigenvalue weighted by Gasteiger charge is 2.07. The van der Waals surface area contributed by atoms with E-state index in [0.29, 0.717) is 0 Å². The van der Waals surface area contributed by atoms with Crippen molar-refractivity contribution in [2.45, 2.75) is 33.6 Å². The Balaban J connectivity index is 1.48. The fraction of sp³-hybridized carbons (Fsp3) is 0.400. The van der Waals surface area contributed by atoms with E-state index in [0.717, 1.165) is 42.6 Å². The highest BCUT2D eigenvalue weighted by atomic mass is 32.1. The number of hydrogen-bond donors (Lipinski definition) is 3. The molecule has 0 fully saturated rings. The summed E-state index contributed by atoms with van der Waals surface area (Å²) < 4.78 is 0. The molecule has 0 saturated carbocycles. The molecule has 26 heavy (non-hydrogen) atoms. The predicted molar refractivity (Wildman–Crippen MR) is 111 cm³/mol. The molecule has 2 heterocycles. The van der Waals surface area contributed by atoms with Gasteiger partial charge in [0.15, 0.2) is 5.96 Å². The second kappa shape index (κ2) is 8.36. The van der Waals surface area contributed by atoms with Crippen molar-refractivity contribution in [2.24, 2.45) is 4.99 Å². The number of guanidine groups is 1. The van der Waals surface area contributed by atoms with Crippen LogP contribution in [0.25, 0.3) is 10.9 Å². The van der Waals surface area contributed by atoms with Crippen molar-refractivity contribution in [3.05, 3.63) is 51.1 Å². The van der Waals surface area contributed by atoms with Crippen molar-refractivity contribution < 1.29 is 0 Å². The summed E-state index contributed by atoms with van der Waals surface area (Å²) in [5.74, 6) is 0.847. The Labute approximate surface area is 159 Å². The minimum atomic E-state index is 0.846. The molecular formula is C20H27N5S. The van der Waals surface area contributed by atoms with Gasteiger partial charge in [-0.25, -0.2) is 4.98 Å². The number of aromatic nitrogens is 2. The molecule has 5 nitrogen and oxygen atoms in total. The van der Waals surface area contributed by atoms with Crippen molar-refractivity contribution in [1.29, 1.82) is 0 Å². The van der Waals surface area contributed by atoms with Crippen LogP contribution >= 0.6 is 11.3 Å². The summed E-state index contributed by atoms with van der Waals surface area (Å²) >= 11 is 1.78. The number of benzene rings is 1. The van der Waals surface area contributed by atoms with Gasteiger partial charge in [0, 0.05) is 48.5 Å². The van der Waals surface area contributed by atoms with Gasteiger partial charge in [0.1, 0.15) is 0 Å². The maximum absolute atomic E-state index is 4.48. The maximum atomic E-state index is 4.48. The summed E-state index contributed by atoms with van der Waals surface area (Å²) in [5.41, 5.74) is 5.00. The quantitative estimate of drug-likeness (QED) is 0.460. The molecule has 0 aliphatic heterocycles. The monoisotopic (exact) mass is 369 g/mol. The number of thiazole rings is 1. The zero-order valence-corrected chi connectivity index (χ0v) is 16.8. The molecular weight excluding hydrogens is 342 g/mol. The summed E-state index contributed by atoms with van der Waals surface area (Å²) in [4.78, 5) is 13.5. The molecule has 3 rings (SSSR count). The Kier molecular flexibility index (Phi) is 5.93. The minimum absolute atomic E-state index is 0.846. The van der Waals surface area contributed by atoms with Crippen LogP contribution in [-0.4, -0.2) is 36.1 Å². The molecule has 3 N–H and O–H groups in total. The van der Waals surface area contributed by atoms with Gasteiger partial charge in [-0.3, -0.25) is 4.99 Å². The number of rotatable bonds is 6. The number of fused-ring (bicyclic) bond motifs is 1. The van der Waals surface area contributed by atoms with Gasteiger partial charge >= 0.3 is 0 Å². The van der Waals surface area contributed by atoms with E-state index < -0.39 is 0 Å². The minimum Gasteiger partial charge on any atom is -0.361 e. The third-order valence-corrected chi connectivity index (χ3v) is 5.70. The predicted octanol–water partition coefficient (Wildman–Crippen LogP) is 3.50. The second-order valence-corrected chi connectivity index (χ2v) is 7.77. The van der Waals surface area contributed by atoms with Crippen molar-refractivity contribution in [3.63, 3.8) is 0 Å². The van der Waals surface area contributed by atoms with E-state index in [-0.39, 0.29) is 0 Å². The van der Waals surface area contributed by atoms with Crippen molar-refractivity contribution >= 4 is 28.2 Å². The molecule has 0 amide bonds. The highest BCUT2D eigenvalue weighted by Crippen LogP contribution is 2.21. The first-order chi connectivity index (χ1) is 12.6. The molecule has 138 valence electrons. The molecule has 0 spiro atoms. The first kappa shape index (κ1) is 18.5. The standard InChI is InChI=1S/C20H27N5S/c1-13-6-5-7-17-16(12-24-19(13)17)8-10-22-20(21-4)23-11-9-18-14(2)25-15(3)26-18/h5-7,12,24H,8-11H2,1-4H3,(H2,21,22,23). The average Bonchev–Trinajstić information content (AvgIpc) is 3.17. The molecule has 0 aliphatic rings. The second-order valence-electron chi connectivity index (χ2n) is 6.48. The van der Waals surface area contributed by atoms with Gasteiger partial charge in [0.05, 0.1) is 10.7 Å². The Morgan fingerprint density at radius 3 is 2.62 bits per heavy atom. The van der Waals surface area contributed by atoms with Gasteiger partial charge in [0.2, 0.25) is 0 Å². The molecule has 3 aromatic rings. The van der Waals surface area contributed by atoms with Crippen LogP contribution in [0.3, 0.4) is 0 Å². The lowest BCUT2D eigenvalue weighted by Crippen LogP contribution is -2.39. The normalized spacial score (nSPS) is 11.9. The number of nitrogens with zero attached hydrogens (tertiary/aromatic N) is 2. The van der Waals surface area contributed by atoms with Crippen LogP contribution < -0.4 is 10.6 Å². The Hall–Kier alpha value is -2.34. The maximum Gasteiger partial charge on any atom is 0.190 e. The lowest BCUT2D eigenvalue weighted by Gasteiger charge is -2.11. The summed E-state index contributed by atoms with van der Waals surface area (Å²) in [7, 11) is 1.81. The van der Waals surface area contributed by atoms with E-state index in [1.54, 1.807) is 11.3 Å². The lowest BCUT2D eigenvalue weighted by molar-refractivity contribution is 0.787. The molecule has 2 aromatic heterocycles. The molecule has 0 unspecified atom stereocenters. The smallest absolute Gasteiger partial charge is 0.190 e. The highest BCUT2D eigenvalue weighted by molar-refractivity contribution is 7.11. The third-order valence-electron chi connectivity index (χ3n) is 4.56. The first-order valence-corrected chi connectivity index (χ1v) is 9.83.